The number of hydrogen-bond acceptors (Lipinski definition) is 23. The predicted octanol–water partition coefficient (Wildman–Crippen LogP) is 0.0493. The van der Waals surface area contributed by atoms with Crippen molar-refractivity contribution in [1.29, 1.82) is 0 Å². The zero-order chi connectivity index (χ0) is 82.9. The van der Waals surface area contributed by atoms with E-state index in [9.17, 15) is 93.6 Å². The van der Waals surface area contributed by atoms with Gasteiger partial charge in [0, 0.05) is 84.1 Å². The first-order chi connectivity index (χ1) is 53.2. The summed E-state index contributed by atoms with van der Waals surface area (Å²) in [6, 6.07) is 2.86. The van der Waals surface area contributed by atoms with Gasteiger partial charge in [-0.1, -0.05) is 122 Å². The molecule has 3 aliphatic rings. The van der Waals surface area contributed by atoms with Crippen molar-refractivity contribution >= 4 is 82.4 Å². The highest BCUT2D eigenvalue weighted by molar-refractivity contribution is 7.98. The first kappa shape index (κ1) is 94.9. The monoisotopic (exact) mass is 1590 g/mol. The lowest BCUT2D eigenvalue weighted by Crippen LogP contribution is -2.63. The summed E-state index contributed by atoms with van der Waals surface area (Å²) in [4.78, 5) is 173. The van der Waals surface area contributed by atoms with Crippen LogP contribution in [0.15, 0.2) is 54.6 Å². The van der Waals surface area contributed by atoms with E-state index in [1.807, 2.05) is 20.1 Å². The molecule has 3 fully saturated rings. The normalized spacial score (nSPS) is 24.1. The molecule has 3 aliphatic heterocycles. The number of aliphatic hydroxyl groups excluding tert-OH is 7. The summed E-state index contributed by atoms with van der Waals surface area (Å²) in [6.45, 7) is 10.8. The largest absolute Gasteiger partial charge is 0.508 e. The van der Waals surface area contributed by atoms with Crippen LogP contribution in [-0.2, 0) is 64.0 Å². The molecule has 0 spiro atoms. The Balaban J connectivity index is 1.46. The number of aromatic hydroxyl groups is 1. The fourth-order valence-electron chi connectivity index (χ4n) is 14.5. The number of unbranched alkanes of at least 4 members (excludes halogenated alkanes) is 5. The summed E-state index contributed by atoms with van der Waals surface area (Å²) >= 11 is 1.47. The van der Waals surface area contributed by atoms with Gasteiger partial charge in [-0.2, -0.15) is 11.8 Å². The Morgan fingerprint density at radius 2 is 1.29 bits per heavy atom. The minimum Gasteiger partial charge on any atom is -0.508 e. The van der Waals surface area contributed by atoms with E-state index < -0.39 is 206 Å². The van der Waals surface area contributed by atoms with Crippen LogP contribution in [0.4, 0.5) is 0 Å². The fourth-order valence-corrected chi connectivity index (χ4v) is 15.0. The van der Waals surface area contributed by atoms with Gasteiger partial charge in [0.25, 0.3) is 0 Å². The number of rotatable bonds is 41. The van der Waals surface area contributed by atoms with Crippen LogP contribution in [0.5, 0.6) is 5.75 Å². The Kier molecular flexibility index (Phi) is 41.1. The van der Waals surface area contributed by atoms with E-state index in [4.69, 9.17) is 5.73 Å². The van der Waals surface area contributed by atoms with Crippen molar-refractivity contribution < 1.29 is 98.4 Å². The molecule has 0 aliphatic carbocycles. The Morgan fingerprint density at radius 1 is 0.652 bits per heavy atom. The number of nitrogens with one attached hydrogen (secondary N) is 9. The number of ketones is 2. The maximum atomic E-state index is 15.0. The number of hydrogen-bond donors (Lipinski definition) is 18. The molecule has 32 nitrogen and oxygen atoms in total. The van der Waals surface area contributed by atoms with Crippen LogP contribution in [0.25, 0.3) is 0 Å². The van der Waals surface area contributed by atoms with E-state index in [1.54, 1.807) is 30.3 Å². The third-order valence-electron chi connectivity index (χ3n) is 21.0. The van der Waals surface area contributed by atoms with Gasteiger partial charge in [0.05, 0.1) is 48.6 Å². The zero-order valence-electron chi connectivity index (χ0n) is 66.2. The summed E-state index contributed by atoms with van der Waals surface area (Å²) in [7, 11) is 0. The Bertz CT molecular complexity index is 3360. The van der Waals surface area contributed by atoms with Crippen LogP contribution in [0, 0.1) is 29.6 Å². The molecule has 10 amide bonds. The molecule has 2 aromatic carbocycles. The van der Waals surface area contributed by atoms with Gasteiger partial charge in [0.15, 0.2) is 5.78 Å². The average Bonchev–Trinajstić information content (AvgIpc) is 1.63. The van der Waals surface area contributed by atoms with Crippen molar-refractivity contribution in [3.63, 3.8) is 0 Å². The molecule has 0 radical (unpaired) electrons. The van der Waals surface area contributed by atoms with Gasteiger partial charge >= 0.3 is 0 Å². The van der Waals surface area contributed by atoms with E-state index in [0.29, 0.717) is 42.4 Å². The average molecular weight is 1600 g/mol. The molecule has 3 saturated heterocycles. The van der Waals surface area contributed by atoms with E-state index in [0.717, 1.165) is 61.7 Å². The van der Waals surface area contributed by atoms with Crippen LogP contribution in [0.3, 0.4) is 0 Å². The molecular formula is C79H126N12O20S. The second-order valence-corrected chi connectivity index (χ2v) is 31.9. The van der Waals surface area contributed by atoms with Gasteiger partial charge in [-0.05, 0) is 111 Å². The lowest BCUT2D eigenvalue weighted by molar-refractivity contribution is -0.149. The van der Waals surface area contributed by atoms with Crippen LogP contribution < -0.4 is 53.6 Å². The number of Topliss-reactive ketones (excluding diaryl/α,β-unsaturated/α-hetero) is 2. The summed E-state index contributed by atoms with van der Waals surface area (Å²) in [6.07, 6.45) is -7.51. The first-order valence-electron chi connectivity index (χ1n) is 39.7. The highest BCUT2D eigenvalue weighted by atomic mass is 32.2. The minimum atomic E-state index is -2.23. The molecule has 19 N–H and O–H groups in total. The number of phenolic OH excluding ortho intramolecular Hbond substituents is 1. The molecule has 628 valence electrons. The van der Waals surface area contributed by atoms with Gasteiger partial charge in [-0.25, -0.2) is 0 Å². The molecule has 3 heterocycles. The summed E-state index contributed by atoms with van der Waals surface area (Å²) < 4.78 is 0. The molecule has 0 saturated carbocycles. The van der Waals surface area contributed by atoms with Crippen LogP contribution >= 0.6 is 11.8 Å². The number of aliphatic hydroxyl groups is 7. The van der Waals surface area contributed by atoms with E-state index in [2.05, 4.69) is 68.6 Å². The number of benzene rings is 2. The number of nitrogens with two attached hydrogens (primary N) is 1. The second-order valence-electron chi connectivity index (χ2n) is 31.0. The molecule has 19 atom stereocenters. The molecule has 0 unspecified atom stereocenters. The lowest BCUT2D eigenvalue weighted by Gasteiger charge is -2.34. The zero-order valence-corrected chi connectivity index (χ0v) is 67.0. The Morgan fingerprint density at radius 3 is 1.94 bits per heavy atom. The lowest BCUT2D eigenvalue weighted by atomic mass is 9.86. The van der Waals surface area contributed by atoms with Gasteiger partial charge in [0.2, 0.25) is 59.1 Å². The maximum absolute atomic E-state index is 15.0. The van der Waals surface area contributed by atoms with E-state index >= 15 is 4.79 Å². The minimum absolute atomic E-state index is 0.00199. The molecule has 0 bridgehead atoms. The number of nitrogens with zero attached hydrogens (tertiary/aromatic N) is 2. The van der Waals surface area contributed by atoms with Crippen molar-refractivity contribution in [3.05, 3.63) is 65.7 Å². The van der Waals surface area contributed by atoms with Crippen molar-refractivity contribution in [2.24, 2.45) is 35.3 Å². The highest BCUT2D eigenvalue weighted by Crippen LogP contribution is 2.31. The van der Waals surface area contributed by atoms with E-state index in [1.165, 1.54) is 43.0 Å². The standard InChI is InChI=1S/C79H126N12O20S/c1-9-46(4)38-47(5)19-15-12-10-11-13-18-22-54(95)40-52-41-64(100)71(82-34-33-81-65(101)28-32-83-74(106)59(39-50-20-16-14-17-21-50)86-76(108)58(37-45(2)3)85-75(107)57(30-36-112-8)84-49(7)93)89-77(109)68-62(98)29-35-90(68)79(111)67(61(97)27-31-80)88-73(105)56(70(103)69(102)51-23-25-53(94)26-24-51)43-63(99)60-42-55(96)44-91(60)78(110)66(48(6)92)87-72(52)104/h14,16-17,20-21,23-26,45-48,52,55-62,64,66-71,82,92,94,96-98,100,102-103H,9-13,15,18-19,22,27-44,80H2,1-8H3,(H,81,101)(H,83,106)(H,84,93)(H,85,107)(H,86,108)(H,87,104)(H,88,105)(H,89,109)/t46-,47+,48+,52-,55+,56-,57-,58-,59-,60-,61+,62-,64+,66-,67-,68-,69-,70-,71-/m0/s1. The summed E-state index contributed by atoms with van der Waals surface area (Å²) in [5, 5.41) is 116. The quantitative estimate of drug-likeness (QED) is 0.0391. The van der Waals surface area contributed by atoms with Crippen molar-refractivity contribution in [2.75, 3.05) is 51.3 Å². The molecular weight excluding hydrogens is 1470 g/mol. The number of amides is 10. The van der Waals surface area contributed by atoms with Crippen molar-refractivity contribution in [1.82, 2.24) is 57.7 Å². The van der Waals surface area contributed by atoms with Crippen molar-refractivity contribution in [3.8, 4) is 5.75 Å². The summed E-state index contributed by atoms with van der Waals surface area (Å²) in [5.74, 6) is -12.3. The third kappa shape index (κ3) is 30.9. The Labute approximate surface area is 661 Å². The van der Waals surface area contributed by atoms with Crippen molar-refractivity contribution in [2.45, 2.75) is 268 Å². The number of carbonyl (C=O) groups excluding carboxylic acids is 12. The number of fused-ring (bicyclic) bond motifs is 2. The summed E-state index contributed by atoms with van der Waals surface area (Å²) in [5.41, 5.74) is 6.48. The molecule has 5 rings (SSSR count). The smallest absolute Gasteiger partial charge is 0.248 e. The van der Waals surface area contributed by atoms with Gasteiger partial charge in [0.1, 0.15) is 60.1 Å². The number of carbonyl (C=O) groups is 12. The van der Waals surface area contributed by atoms with Crippen LogP contribution in [0.1, 0.15) is 188 Å². The number of phenols is 1. The van der Waals surface area contributed by atoms with Crippen LogP contribution in [0.2, 0.25) is 0 Å². The highest BCUT2D eigenvalue weighted by Gasteiger charge is 2.49. The molecule has 0 aromatic heterocycles. The Hall–Kier alpha value is -7.73. The topological polar surface area (TPSA) is 507 Å². The second kappa shape index (κ2) is 48.5. The maximum Gasteiger partial charge on any atom is 0.248 e. The van der Waals surface area contributed by atoms with Gasteiger partial charge in [-0.15, -0.1) is 0 Å². The van der Waals surface area contributed by atoms with Gasteiger partial charge < -0.3 is 98.9 Å². The number of thioether (sulfide) groups is 1. The molecule has 2 aromatic rings. The third-order valence-corrected chi connectivity index (χ3v) is 21.7. The SMILES string of the molecule is CC[C@H](C)C[C@H](C)CCCCCCCCC(=O)C[C@H]1C[C@@H](O)[C@@H](NCCNC(=O)CCNC(=O)[C@H](Cc2ccccc2)NC(=O)[C@H](CC(C)C)NC(=O)[C@H](CCSC)NC(C)=O)NC(=O)[C@@H]2[C@@H](O)CCN2C(=O)[C@H]([C@H](O)CCN)NC(=O)[C@H]([C@H](O)[C@@H](O)c2ccc(O)cc2)CC(=O)[C@@H]2C[C@@H](O)CN2C(=O)[C@H]([C@@H](C)O)NC1=O. The van der Waals surface area contributed by atoms with Gasteiger partial charge in [-0.3, -0.25) is 62.9 Å². The van der Waals surface area contributed by atoms with E-state index in [-0.39, 0.29) is 88.5 Å². The molecule has 33 heteroatoms. The predicted molar refractivity (Wildman–Crippen MR) is 418 cm³/mol. The fraction of sp³-hybridized carbons (Fsp3) is 0.696. The first-order valence-corrected chi connectivity index (χ1v) is 41.1. The van der Waals surface area contributed by atoms with Crippen LogP contribution in [-0.4, -0.2) is 258 Å². The molecule has 112 heavy (non-hydrogen) atoms.